The number of nitrogens with zero attached hydrogens (tertiary/aromatic N) is 5. The second kappa shape index (κ2) is 9.34. The van der Waals surface area contributed by atoms with Gasteiger partial charge in [0.2, 0.25) is 0 Å². The Bertz CT molecular complexity index is 1680. The van der Waals surface area contributed by atoms with Crippen molar-refractivity contribution < 1.29 is 9.66 Å². The van der Waals surface area contributed by atoms with Gasteiger partial charge in [-0.05, 0) is 23.3 Å². The minimum absolute atomic E-state index is 0.0236. The quantitative estimate of drug-likeness (QED) is 0.259. The fraction of sp³-hybridized carbons (Fsp3) is 0.115. The van der Waals surface area contributed by atoms with E-state index in [-0.39, 0.29) is 29.9 Å². The summed E-state index contributed by atoms with van der Waals surface area (Å²) in [5.74, 6) is 0.454. The Morgan fingerprint density at radius 1 is 0.889 bits per heavy atom. The van der Waals surface area contributed by atoms with Crippen molar-refractivity contribution in [1.29, 1.82) is 0 Å². The first-order valence-corrected chi connectivity index (χ1v) is 11.1. The predicted octanol–water partition coefficient (Wildman–Crippen LogP) is 3.36. The number of methoxy groups -OCH3 is 1. The Balaban J connectivity index is 1.73. The van der Waals surface area contributed by atoms with Crippen LogP contribution < -0.4 is 16.0 Å². The van der Waals surface area contributed by atoms with Crippen LogP contribution in [0.25, 0.3) is 16.9 Å². The molecule has 0 saturated carbocycles. The first-order chi connectivity index (χ1) is 17.5. The summed E-state index contributed by atoms with van der Waals surface area (Å²) in [4.78, 5) is 42.3. The highest BCUT2D eigenvalue weighted by Crippen LogP contribution is 2.24. The van der Waals surface area contributed by atoms with Gasteiger partial charge in [0.25, 0.3) is 11.2 Å². The molecule has 0 aliphatic carbocycles. The van der Waals surface area contributed by atoms with Crippen LogP contribution in [0.4, 0.5) is 5.69 Å². The van der Waals surface area contributed by atoms with Crippen LogP contribution in [-0.4, -0.2) is 30.7 Å². The van der Waals surface area contributed by atoms with Gasteiger partial charge in [0, 0.05) is 18.7 Å². The highest BCUT2D eigenvalue weighted by Gasteiger charge is 2.21. The number of nitro benzene ring substituents is 1. The van der Waals surface area contributed by atoms with Gasteiger partial charge in [0.15, 0.2) is 11.2 Å². The van der Waals surface area contributed by atoms with Crippen molar-refractivity contribution in [3.05, 3.63) is 127 Å². The first-order valence-electron chi connectivity index (χ1n) is 11.1. The Kier molecular flexibility index (Phi) is 5.91. The summed E-state index contributed by atoms with van der Waals surface area (Å²) in [7, 11) is 1.51. The Morgan fingerprint density at radius 3 is 2.25 bits per heavy atom. The number of rotatable bonds is 7. The number of nitro groups is 1. The highest BCUT2D eigenvalue weighted by atomic mass is 16.6. The first kappa shape index (κ1) is 22.8. The molecular formula is C26H21N5O5. The van der Waals surface area contributed by atoms with Crippen LogP contribution in [0.2, 0.25) is 0 Å². The number of benzene rings is 3. The van der Waals surface area contributed by atoms with Crippen molar-refractivity contribution in [3.8, 4) is 11.4 Å². The van der Waals surface area contributed by atoms with E-state index in [1.54, 1.807) is 41.0 Å². The van der Waals surface area contributed by atoms with Gasteiger partial charge < -0.3 is 9.30 Å². The number of aromatic nitrogens is 4. The Morgan fingerprint density at radius 2 is 1.56 bits per heavy atom. The van der Waals surface area contributed by atoms with E-state index >= 15 is 0 Å². The molecule has 2 heterocycles. The van der Waals surface area contributed by atoms with Crippen molar-refractivity contribution in [1.82, 2.24) is 18.7 Å². The largest absolute Gasteiger partial charge is 0.495 e. The van der Waals surface area contributed by atoms with Crippen LogP contribution in [-0.2, 0) is 13.1 Å². The molecule has 36 heavy (non-hydrogen) atoms. The summed E-state index contributed by atoms with van der Waals surface area (Å²) in [5.41, 5.74) is 1.37. The van der Waals surface area contributed by atoms with Gasteiger partial charge in [-0.25, -0.2) is 14.3 Å². The molecule has 0 atom stereocenters. The average molecular weight is 483 g/mol. The minimum atomic E-state index is -0.540. The fourth-order valence-corrected chi connectivity index (χ4v) is 4.16. The van der Waals surface area contributed by atoms with Crippen LogP contribution in [0, 0.1) is 10.1 Å². The van der Waals surface area contributed by atoms with Crippen molar-refractivity contribution in [2.75, 3.05) is 7.11 Å². The summed E-state index contributed by atoms with van der Waals surface area (Å²) < 4.78 is 9.69. The standard InChI is InChI=1S/C26H21N5O5/c1-36-22-10-6-5-9-21(22)30-24-23(25(32)29(26(30)33)16-18-7-3-2-4-8-18)28(17-27-24)15-19-11-13-20(14-12-19)31(34)35/h2-14,17H,15-16H2,1H3. The van der Waals surface area contributed by atoms with Crippen molar-refractivity contribution in [3.63, 3.8) is 0 Å². The molecule has 0 N–H and O–H groups in total. The third-order valence-corrected chi connectivity index (χ3v) is 5.91. The molecule has 0 fully saturated rings. The van der Waals surface area contributed by atoms with E-state index in [0.29, 0.717) is 11.4 Å². The molecule has 0 spiro atoms. The van der Waals surface area contributed by atoms with Gasteiger partial charge in [-0.1, -0.05) is 54.6 Å². The molecular weight excluding hydrogens is 462 g/mol. The van der Waals surface area contributed by atoms with E-state index in [0.717, 1.165) is 11.1 Å². The van der Waals surface area contributed by atoms with Crippen LogP contribution in [0.5, 0.6) is 5.75 Å². The molecule has 10 heteroatoms. The summed E-state index contributed by atoms with van der Waals surface area (Å²) in [6, 6.07) is 22.3. The van der Waals surface area contributed by atoms with E-state index in [2.05, 4.69) is 4.98 Å². The van der Waals surface area contributed by atoms with Crippen molar-refractivity contribution in [2.45, 2.75) is 13.1 Å². The summed E-state index contributed by atoms with van der Waals surface area (Å²) in [5, 5.41) is 11.0. The SMILES string of the molecule is COc1ccccc1-n1c(=O)n(Cc2ccccc2)c(=O)c2c1ncn2Cc1ccc([N+](=O)[O-])cc1. The second-order valence-corrected chi connectivity index (χ2v) is 8.13. The van der Waals surface area contributed by atoms with Crippen LogP contribution >= 0.6 is 0 Å². The molecule has 0 aliphatic heterocycles. The Hall–Kier alpha value is -4.99. The molecule has 5 aromatic rings. The van der Waals surface area contributed by atoms with Crippen molar-refractivity contribution in [2.24, 2.45) is 0 Å². The molecule has 0 unspecified atom stereocenters. The number of hydrogen-bond donors (Lipinski definition) is 0. The number of ether oxygens (including phenoxy) is 1. The van der Waals surface area contributed by atoms with E-state index in [4.69, 9.17) is 4.74 Å². The maximum atomic E-state index is 13.7. The molecule has 10 nitrogen and oxygen atoms in total. The number of hydrogen-bond acceptors (Lipinski definition) is 6. The van der Waals surface area contributed by atoms with E-state index in [1.807, 2.05) is 30.3 Å². The average Bonchev–Trinajstić information content (AvgIpc) is 3.31. The Labute approximate surface area is 204 Å². The van der Waals surface area contributed by atoms with E-state index in [9.17, 15) is 19.7 Å². The monoisotopic (exact) mass is 483 g/mol. The molecule has 180 valence electrons. The van der Waals surface area contributed by atoms with Gasteiger partial charge in [-0.2, -0.15) is 0 Å². The smallest absolute Gasteiger partial charge is 0.337 e. The molecule has 2 aromatic heterocycles. The third-order valence-electron chi connectivity index (χ3n) is 5.91. The maximum Gasteiger partial charge on any atom is 0.337 e. The zero-order chi connectivity index (χ0) is 25.2. The molecule has 0 amide bonds. The summed E-state index contributed by atoms with van der Waals surface area (Å²) in [6.07, 6.45) is 1.49. The number of imidazole rings is 1. The molecule has 0 saturated heterocycles. The van der Waals surface area contributed by atoms with Gasteiger partial charge >= 0.3 is 5.69 Å². The lowest BCUT2D eigenvalue weighted by Crippen LogP contribution is -2.40. The zero-order valence-electron chi connectivity index (χ0n) is 19.3. The van der Waals surface area contributed by atoms with Crippen LogP contribution in [0.3, 0.4) is 0 Å². The topological polar surface area (TPSA) is 114 Å². The van der Waals surface area contributed by atoms with E-state index in [1.165, 1.54) is 34.7 Å². The summed E-state index contributed by atoms with van der Waals surface area (Å²) >= 11 is 0. The molecule has 0 aliphatic rings. The minimum Gasteiger partial charge on any atom is -0.495 e. The lowest BCUT2D eigenvalue weighted by molar-refractivity contribution is -0.384. The zero-order valence-corrected chi connectivity index (χ0v) is 19.3. The lowest BCUT2D eigenvalue weighted by Gasteiger charge is -2.15. The molecule has 0 radical (unpaired) electrons. The van der Waals surface area contributed by atoms with Gasteiger partial charge in [-0.3, -0.25) is 19.5 Å². The predicted molar refractivity (Wildman–Crippen MR) is 134 cm³/mol. The normalized spacial score (nSPS) is 11.0. The molecule has 5 rings (SSSR count). The fourth-order valence-electron chi connectivity index (χ4n) is 4.16. The second-order valence-electron chi connectivity index (χ2n) is 8.13. The number of non-ortho nitro benzene ring substituents is 1. The van der Waals surface area contributed by atoms with Gasteiger partial charge in [-0.15, -0.1) is 0 Å². The molecule has 3 aromatic carbocycles. The number of para-hydroxylation sites is 2. The van der Waals surface area contributed by atoms with E-state index < -0.39 is 16.2 Å². The molecule has 0 bridgehead atoms. The lowest BCUT2D eigenvalue weighted by atomic mass is 10.2. The van der Waals surface area contributed by atoms with Crippen molar-refractivity contribution >= 4 is 16.9 Å². The highest BCUT2D eigenvalue weighted by molar-refractivity contribution is 5.73. The van der Waals surface area contributed by atoms with Crippen LogP contribution in [0.15, 0.2) is 94.8 Å². The maximum absolute atomic E-state index is 13.7. The number of fused-ring (bicyclic) bond motifs is 1. The van der Waals surface area contributed by atoms with Gasteiger partial charge in [0.05, 0.1) is 30.6 Å². The summed E-state index contributed by atoms with van der Waals surface area (Å²) in [6.45, 7) is 0.311. The third kappa shape index (κ3) is 4.05. The van der Waals surface area contributed by atoms with Gasteiger partial charge in [0.1, 0.15) is 5.75 Å². The van der Waals surface area contributed by atoms with Crippen LogP contribution in [0.1, 0.15) is 11.1 Å².